The molecule has 1 aromatic carbocycles. The fourth-order valence-corrected chi connectivity index (χ4v) is 1.04. The van der Waals surface area contributed by atoms with Crippen LogP contribution in [0.1, 0.15) is 5.56 Å². The number of hydrazone groups is 1. The van der Waals surface area contributed by atoms with Gasteiger partial charge in [-0.25, -0.2) is 5.43 Å². The van der Waals surface area contributed by atoms with Crippen LogP contribution in [-0.4, -0.2) is 17.9 Å². The smallest absolute Gasteiger partial charge is 0.249 e. The van der Waals surface area contributed by atoms with Gasteiger partial charge in [-0.15, -0.1) is 0 Å². The molecule has 1 N–H and O–H groups in total. The van der Waals surface area contributed by atoms with E-state index in [1.165, 1.54) is 6.21 Å². The third-order valence-electron chi connectivity index (χ3n) is 1.44. The quantitative estimate of drug-likeness (QED) is 0.462. The molecule has 0 saturated carbocycles. The highest BCUT2D eigenvalue weighted by atomic mass is 35.5. The van der Waals surface area contributed by atoms with E-state index in [0.29, 0.717) is 5.02 Å². The zero-order valence-corrected chi connectivity index (χ0v) is 8.92. The number of carbonyl (C=O) groups excluding carboxylic acids is 1. The highest BCUT2D eigenvalue weighted by Crippen LogP contribution is 2.11. The SMILES string of the molecule is O=C(CS)N/N=C/c1ccccc1Cl. The van der Waals surface area contributed by atoms with Crippen molar-refractivity contribution in [3.63, 3.8) is 0 Å². The van der Waals surface area contributed by atoms with Gasteiger partial charge < -0.3 is 0 Å². The number of rotatable bonds is 3. The molecule has 0 unspecified atom stereocenters. The van der Waals surface area contributed by atoms with E-state index in [0.717, 1.165) is 5.56 Å². The van der Waals surface area contributed by atoms with Crippen LogP contribution in [0.15, 0.2) is 29.4 Å². The highest BCUT2D eigenvalue weighted by Gasteiger charge is 1.95. The molecule has 0 radical (unpaired) electrons. The zero-order chi connectivity index (χ0) is 10.4. The second kappa shape index (κ2) is 5.67. The lowest BCUT2D eigenvalue weighted by Crippen LogP contribution is -2.18. The first-order chi connectivity index (χ1) is 6.74. The minimum atomic E-state index is -0.253. The topological polar surface area (TPSA) is 41.5 Å². The lowest BCUT2D eigenvalue weighted by Gasteiger charge is -1.96. The number of benzene rings is 1. The van der Waals surface area contributed by atoms with E-state index in [9.17, 15) is 4.79 Å². The minimum Gasteiger partial charge on any atom is -0.272 e. The van der Waals surface area contributed by atoms with Crippen molar-refractivity contribution in [2.45, 2.75) is 0 Å². The molecule has 0 aromatic heterocycles. The summed E-state index contributed by atoms with van der Waals surface area (Å²) < 4.78 is 0. The Labute approximate surface area is 92.6 Å². The summed E-state index contributed by atoms with van der Waals surface area (Å²) >= 11 is 9.64. The van der Waals surface area contributed by atoms with Gasteiger partial charge in [-0.1, -0.05) is 29.8 Å². The molecule has 1 amide bonds. The number of amides is 1. The summed E-state index contributed by atoms with van der Waals surface area (Å²) in [6.45, 7) is 0. The summed E-state index contributed by atoms with van der Waals surface area (Å²) in [5, 5.41) is 4.31. The maximum atomic E-state index is 10.8. The van der Waals surface area contributed by atoms with Gasteiger partial charge in [0.25, 0.3) is 0 Å². The van der Waals surface area contributed by atoms with E-state index in [-0.39, 0.29) is 11.7 Å². The van der Waals surface area contributed by atoms with Crippen LogP contribution in [-0.2, 0) is 4.79 Å². The predicted molar refractivity (Wildman–Crippen MR) is 61.0 cm³/mol. The maximum Gasteiger partial charge on any atom is 0.249 e. The Morgan fingerprint density at radius 1 is 1.57 bits per heavy atom. The zero-order valence-electron chi connectivity index (χ0n) is 7.27. The molecule has 74 valence electrons. The number of nitrogens with zero attached hydrogens (tertiary/aromatic N) is 1. The monoisotopic (exact) mass is 228 g/mol. The van der Waals surface area contributed by atoms with Gasteiger partial charge in [0.05, 0.1) is 12.0 Å². The van der Waals surface area contributed by atoms with Crippen molar-refractivity contribution >= 4 is 36.4 Å². The van der Waals surface area contributed by atoms with Crippen LogP contribution >= 0.6 is 24.2 Å². The van der Waals surface area contributed by atoms with Crippen LogP contribution in [0.3, 0.4) is 0 Å². The molecule has 0 heterocycles. The van der Waals surface area contributed by atoms with E-state index < -0.39 is 0 Å². The largest absolute Gasteiger partial charge is 0.272 e. The molecular weight excluding hydrogens is 220 g/mol. The number of halogens is 1. The van der Waals surface area contributed by atoms with Crippen molar-refractivity contribution in [2.24, 2.45) is 5.10 Å². The molecular formula is C9H9ClN2OS. The second-order valence-corrected chi connectivity index (χ2v) is 3.20. The van der Waals surface area contributed by atoms with Crippen molar-refractivity contribution in [3.05, 3.63) is 34.9 Å². The molecule has 1 rings (SSSR count). The Morgan fingerprint density at radius 2 is 2.29 bits per heavy atom. The molecule has 0 aliphatic rings. The fraction of sp³-hybridized carbons (Fsp3) is 0.111. The van der Waals surface area contributed by atoms with Crippen molar-refractivity contribution < 1.29 is 4.79 Å². The molecule has 3 nitrogen and oxygen atoms in total. The van der Waals surface area contributed by atoms with Crippen LogP contribution in [0.2, 0.25) is 5.02 Å². The summed E-state index contributed by atoms with van der Waals surface area (Å²) in [5.74, 6) is -0.142. The van der Waals surface area contributed by atoms with Crippen LogP contribution in [0.5, 0.6) is 0 Å². The average Bonchev–Trinajstić information content (AvgIpc) is 2.20. The molecule has 0 spiro atoms. The van der Waals surface area contributed by atoms with Crippen molar-refractivity contribution in [1.29, 1.82) is 0 Å². The molecule has 0 bridgehead atoms. The van der Waals surface area contributed by atoms with Crippen LogP contribution in [0, 0.1) is 0 Å². The first-order valence-corrected chi connectivity index (χ1v) is 4.92. The second-order valence-electron chi connectivity index (χ2n) is 2.47. The van der Waals surface area contributed by atoms with E-state index in [1.807, 2.05) is 12.1 Å². The van der Waals surface area contributed by atoms with Gasteiger partial charge in [0.2, 0.25) is 5.91 Å². The first kappa shape index (κ1) is 11.1. The third-order valence-corrected chi connectivity index (χ3v) is 2.07. The van der Waals surface area contributed by atoms with E-state index in [4.69, 9.17) is 11.6 Å². The minimum absolute atomic E-state index is 0.111. The molecule has 0 atom stereocenters. The maximum absolute atomic E-state index is 10.8. The lowest BCUT2D eigenvalue weighted by molar-refractivity contribution is -0.118. The average molecular weight is 229 g/mol. The summed E-state index contributed by atoms with van der Waals surface area (Å²) in [5.41, 5.74) is 3.06. The van der Waals surface area contributed by atoms with Crippen molar-refractivity contribution in [1.82, 2.24) is 5.43 Å². The van der Waals surface area contributed by atoms with Gasteiger partial charge in [-0.2, -0.15) is 17.7 Å². The molecule has 1 aromatic rings. The van der Waals surface area contributed by atoms with E-state index in [2.05, 4.69) is 23.2 Å². The molecule has 14 heavy (non-hydrogen) atoms. The Hall–Kier alpha value is -1.00. The Balaban J connectivity index is 2.60. The molecule has 5 heteroatoms. The lowest BCUT2D eigenvalue weighted by atomic mass is 10.2. The Bertz CT molecular complexity index is 354. The van der Waals surface area contributed by atoms with Gasteiger partial charge in [0, 0.05) is 10.6 Å². The summed E-state index contributed by atoms with van der Waals surface area (Å²) in [6.07, 6.45) is 1.49. The standard InChI is InChI=1S/C9H9ClN2OS/c10-8-4-2-1-3-7(8)5-11-12-9(13)6-14/h1-5,14H,6H2,(H,12,13)/b11-5+. The van der Waals surface area contributed by atoms with Crippen molar-refractivity contribution in [2.75, 3.05) is 5.75 Å². The van der Waals surface area contributed by atoms with Gasteiger partial charge in [-0.05, 0) is 6.07 Å². The summed E-state index contributed by atoms with van der Waals surface area (Å²) in [6, 6.07) is 7.22. The summed E-state index contributed by atoms with van der Waals surface area (Å²) in [4.78, 5) is 10.8. The first-order valence-electron chi connectivity index (χ1n) is 3.91. The Morgan fingerprint density at radius 3 is 2.93 bits per heavy atom. The van der Waals surface area contributed by atoms with Crippen LogP contribution in [0.25, 0.3) is 0 Å². The van der Waals surface area contributed by atoms with Crippen LogP contribution < -0.4 is 5.43 Å². The Kier molecular flexibility index (Phi) is 4.49. The number of nitrogens with one attached hydrogen (secondary N) is 1. The summed E-state index contributed by atoms with van der Waals surface area (Å²) in [7, 11) is 0. The number of hydrogen-bond donors (Lipinski definition) is 2. The van der Waals surface area contributed by atoms with Crippen LogP contribution in [0.4, 0.5) is 0 Å². The van der Waals surface area contributed by atoms with E-state index >= 15 is 0 Å². The number of hydrogen-bond acceptors (Lipinski definition) is 3. The van der Waals surface area contributed by atoms with Gasteiger partial charge in [0.1, 0.15) is 0 Å². The number of thiol groups is 1. The van der Waals surface area contributed by atoms with Gasteiger partial charge >= 0.3 is 0 Å². The predicted octanol–water partition coefficient (Wildman–Crippen LogP) is 1.72. The van der Waals surface area contributed by atoms with Gasteiger partial charge in [-0.3, -0.25) is 4.79 Å². The number of carbonyl (C=O) groups is 1. The van der Waals surface area contributed by atoms with E-state index in [1.54, 1.807) is 12.1 Å². The normalized spacial score (nSPS) is 10.4. The highest BCUT2D eigenvalue weighted by molar-refractivity contribution is 7.81. The van der Waals surface area contributed by atoms with Crippen molar-refractivity contribution in [3.8, 4) is 0 Å². The fourth-order valence-electron chi connectivity index (χ4n) is 0.789. The van der Waals surface area contributed by atoms with Gasteiger partial charge in [0.15, 0.2) is 0 Å². The third kappa shape index (κ3) is 3.40. The molecule has 0 aliphatic carbocycles. The molecule has 0 fully saturated rings. The molecule has 0 aliphatic heterocycles. The molecule has 0 saturated heterocycles.